The van der Waals surface area contributed by atoms with Gasteiger partial charge in [0.15, 0.2) is 5.12 Å². The second kappa shape index (κ2) is 6.63. The van der Waals surface area contributed by atoms with Gasteiger partial charge in [-0.15, -0.1) is 0 Å². The van der Waals surface area contributed by atoms with E-state index in [4.69, 9.17) is 0 Å². The minimum Gasteiger partial charge on any atom is -1.00 e. The van der Waals surface area contributed by atoms with Gasteiger partial charge in [0.1, 0.15) is 0 Å². The van der Waals surface area contributed by atoms with Crippen molar-refractivity contribution in [2.24, 2.45) is 0 Å². The Morgan fingerprint density at radius 2 is 2.12 bits per heavy atom. The molecule has 0 unspecified atom stereocenters. The molecule has 0 aliphatic carbocycles. The van der Waals surface area contributed by atoms with Crippen molar-refractivity contribution < 1.29 is 66.4 Å². The molecule has 1 nitrogen and oxygen atoms in total. The van der Waals surface area contributed by atoms with Crippen molar-refractivity contribution >= 4 is 16.9 Å². The molecule has 0 aromatic rings. The number of thioether (sulfide) groups is 1. The molecule has 0 amide bonds. The average molecular weight is 166 g/mol. The van der Waals surface area contributed by atoms with Gasteiger partial charge in [-0.3, -0.25) is 4.79 Å². The first-order chi connectivity index (χ1) is 3.13. The van der Waals surface area contributed by atoms with Crippen LogP contribution in [0.5, 0.6) is 0 Å². The molecule has 0 aliphatic rings. The summed E-state index contributed by atoms with van der Waals surface area (Å²) in [5.74, 6) is -2.56. The number of carbonyl (C=O) groups excluding carboxylic acids is 1. The minimum absolute atomic E-state index is 0. The molecule has 0 saturated carbocycles. The zero-order valence-corrected chi connectivity index (χ0v) is 8.59. The predicted octanol–water partition coefficient (Wildman–Crippen LogP) is -1.39. The van der Waals surface area contributed by atoms with Crippen LogP contribution < -0.4 is 51.4 Å². The summed E-state index contributed by atoms with van der Waals surface area (Å²) in [6, 6.07) is 0. The standard InChI is InChI=1S/C3H4F2OS.K.H/c1-2(6)7-3(4)5;;/h3H,1H3;;/q;+1;-1. The third kappa shape index (κ3) is 10.5. The summed E-state index contributed by atoms with van der Waals surface area (Å²) in [6.45, 7) is 1.11. The van der Waals surface area contributed by atoms with E-state index in [1.54, 1.807) is 0 Å². The molecule has 0 aromatic carbocycles. The maximum Gasteiger partial charge on any atom is 1.00 e. The molecular weight excluding hydrogens is 161 g/mol. The quantitative estimate of drug-likeness (QED) is 0.446. The maximum absolute atomic E-state index is 11.0. The van der Waals surface area contributed by atoms with Crippen molar-refractivity contribution in [3.05, 3.63) is 0 Å². The zero-order valence-electron chi connectivity index (χ0n) is 5.65. The monoisotopic (exact) mass is 166 g/mol. The third-order valence-corrected chi connectivity index (χ3v) is 0.765. The first-order valence-corrected chi connectivity index (χ1v) is 2.46. The van der Waals surface area contributed by atoms with Gasteiger partial charge >= 0.3 is 51.4 Å². The normalized spacial score (nSPS) is 8.50. The van der Waals surface area contributed by atoms with Gasteiger partial charge in [0.25, 0.3) is 5.76 Å². The molecule has 0 aliphatic heterocycles. The topological polar surface area (TPSA) is 17.1 Å². The van der Waals surface area contributed by atoms with Crippen LogP contribution in [-0.2, 0) is 4.79 Å². The number of hydrogen-bond donors (Lipinski definition) is 0. The van der Waals surface area contributed by atoms with Crippen LogP contribution in [0.2, 0.25) is 0 Å². The molecule has 0 radical (unpaired) electrons. The Labute approximate surface area is 94.5 Å². The molecule has 0 saturated heterocycles. The number of alkyl halides is 2. The summed E-state index contributed by atoms with van der Waals surface area (Å²) in [6.07, 6.45) is 0. The molecule has 0 fully saturated rings. The molecule has 0 atom stereocenters. The van der Waals surface area contributed by atoms with Crippen LogP contribution in [0, 0.1) is 0 Å². The Bertz CT molecular complexity index is 82.2. The summed E-state index contributed by atoms with van der Waals surface area (Å²) in [5, 5.41) is -0.546. The summed E-state index contributed by atoms with van der Waals surface area (Å²) in [4.78, 5) is 9.74. The van der Waals surface area contributed by atoms with Crippen LogP contribution in [0.1, 0.15) is 8.35 Å². The third-order valence-electron chi connectivity index (χ3n) is 0.255. The Morgan fingerprint density at radius 3 is 2.12 bits per heavy atom. The summed E-state index contributed by atoms with van der Waals surface area (Å²) in [7, 11) is 0. The molecule has 44 valence electrons. The van der Waals surface area contributed by atoms with E-state index < -0.39 is 10.9 Å². The fourth-order valence-corrected chi connectivity index (χ4v) is 0.376. The number of carbonyl (C=O) groups is 1. The van der Waals surface area contributed by atoms with Gasteiger partial charge < -0.3 is 1.43 Å². The molecule has 0 rings (SSSR count). The van der Waals surface area contributed by atoms with Crippen LogP contribution in [0.15, 0.2) is 0 Å². The fourth-order valence-electron chi connectivity index (χ4n) is 0.125. The van der Waals surface area contributed by atoms with E-state index in [0.717, 1.165) is 6.92 Å². The van der Waals surface area contributed by atoms with Gasteiger partial charge in [0, 0.05) is 6.92 Å². The molecule has 0 bridgehead atoms. The van der Waals surface area contributed by atoms with Crippen LogP contribution in [0.4, 0.5) is 8.78 Å². The number of halogens is 2. The molecule has 0 N–H and O–H groups in total. The predicted molar refractivity (Wildman–Crippen MR) is 25.4 cm³/mol. The van der Waals surface area contributed by atoms with Gasteiger partial charge in [-0.2, -0.15) is 8.78 Å². The summed E-state index contributed by atoms with van der Waals surface area (Å²) >= 11 is 0.0370. The first-order valence-electron chi connectivity index (χ1n) is 1.58. The summed E-state index contributed by atoms with van der Waals surface area (Å²) in [5.41, 5.74) is 0. The van der Waals surface area contributed by atoms with Gasteiger partial charge in [-0.25, -0.2) is 0 Å². The largest absolute Gasteiger partial charge is 1.00 e. The summed E-state index contributed by atoms with van der Waals surface area (Å²) < 4.78 is 22.1. The molecule has 8 heavy (non-hydrogen) atoms. The van der Waals surface area contributed by atoms with Crippen LogP contribution in [-0.4, -0.2) is 10.9 Å². The Kier molecular flexibility index (Phi) is 10.1. The maximum atomic E-state index is 11.0. The molecule has 0 aromatic heterocycles. The molecule has 0 heterocycles. The van der Waals surface area contributed by atoms with Crippen molar-refractivity contribution in [1.29, 1.82) is 0 Å². The van der Waals surface area contributed by atoms with E-state index >= 15 is 0 Å². The van der Waals surface area contributed by atoms with Crippen molar-refractivity contribution in [2.45, 2.75) is 12.7 Å². The van der Waals surface area contributed by atoms with Crippen molar-refractivity contribution in [2.75, 3.05) is 0 Å². The van der Waals surface area contributed by atoms with Crippen molar-refractivity contribution in [3.8, 4) is 0 Å². The molecular formula is C3H5F2KOS. The van der Waals surface area contributed by atoms with E-state index in [-0.39, 0.29) is 64.6 Å². The second-order valence-corrected chi connectivity index (χ2v) is 2.04. The van der Waals surface area contributed by atoms with Crippen LogP contribution >= 0.6 is 11.8 Å². The first kappa shape index (κ1) is 12.2. The van der Waals surface area contributed by atoms with Gasteiger partial charge in [-0.1, -0.05) is 0 Å². The fraction of sp³-hybridized carbons (Fsp3) is 0.667. The Morgan fingerprint density at radius 1 is 1.75 bits per heavy atom. The van der Waals surface area contributed by atoms with E-state index in [2.05, 4.69) is 0 Å². The van der Waals surface area contributed by atoms with E-state index in [1.807, 2.05) is 0 Å². The van der Waals surface area contributed by atoms with E-state index in [0.29, 0.717) is 0 Å². The van der Waals surface area contributed by atoms with Gasteiger partial charge in [0.2, 0.25) is 0 Å². The van der Waals surface area contributed by atoms with Crippen molar-refractivity contribution in [3.63, 3.8) is 0 Å². The van der Waals surface area contributed by atoms with Gasteiger partial charge in [0.05, 0.1) is 0 Å². The number of rotatable bonds is 1. The van der Waals surface area contributed by atoms with Crippen LogP contribution in [0.3, 0.4) is 0 Å². The minimum atomic E-state index is -2.56. The molecule has 0 spiro atoms. The van der Waals surface area contributed by atoms with Crippen LogP contribution in [0.25, 0.3) is 0 Å². The SMILES string of the molecule is CC(=O)SC(F)F.[H-].[K+]. The Balaban J connectivity index is -0.000000180. The van der Waals surface area contributed by atoms with Gasteiger partial charge in [-0.05, 0) is 11.8 Å². The average Bonchev–Trinajstić information content (AvgIpc) is 1.27. The van der Waals surface area contributed by atoms with E-state index in [1.165, 1.54) is 0 Å². The second-order valence-electron chi connectivity index (χ2n) is 0.870. The Hall–Kier alpha value is 1.52. The number of hydrogen-bond acceptors (Lipinski definition) is 2. The van der Waals surface area contributed by atoms with E-state index in [9.17, 15) is 13.6 Å². The smallest absolute Gasteiger partial charge is 1.00 e. The molecule has 5 heteroatoms. The van der Waals surface area contributed by atoms with Crippen molar-refractivity contribution in [1.82, 2.24) is 0 Å². The zero-order chi connectivity index (χ0) is 5.86.